The molecule has 1 aromatic rings. The first-order chi connectivity index (χ1) is 15.9. The summed E-state index contributed by atoms with van der Waals surface area (Å²) in [5.41, 5.74) is 3.97. The van der Waals surface area contributed by atoms with E-state index in [-0.39, 0.29) is 24.5 Å². The summed E-state index contributed by atoms with van der Waals surface area (Å²) in [5, 5.41) is 1.58. The molecule has 0 spiro atoms. The van der Waals surface area contributed by atoms with E-state index in [2.05, 4.69) is 5.43 Å². The van der Waals surface area contributed by atoms with Crippen molar-refractivity contribution in [2.45, 2.75) is 25.9 Å². The molecule has 3 saturated heterocycles. The molecule has 0 radical (unpaired) electrons. The van der Waals surface area contributed by atoms with E-state index in [9.17, 15) is 14.4 Å². The third kappa shape index (κ3) is 5.53. The van der Waals surface area contributed by atoms with Crippen LogP contribution in [0.1, 0.15) is 19.8 Å². The zero-order chi connectivity index (χ0) is 23.4. The van der Waals surface area contributed by atoms with Crippen LogP contribution in [-0.2, 0) is 14.3 Å². The van der Waals surface area contributed by atoms with Crippen molar-refractivity contribution in [1.82, 2.24) is 15.3 Å². The van der Waals surface area contributed by atoms with Crippen molar-refractivity contribution in [2.24, 2.45) is 0 Å². The Bertz CT molecular complexity index is 894. The number of hydrogen-bond acceptors (Lipinski definition) is 7. The third-order valence-corrected chi connectivity index (χ3v) is 6.07. The Balaban J connectivity index is 1.37. The first-order valence-corrected chi connectivity index (χ1v) is 11.3. The van der Waals surface area contributed by atoms with Gasteiger partial charge in [-0.15, -0.1) is 0 Å². The average molecular weight is 464 g/mol. The monoisotopic (exact) mass is 463 g/mol. The van der Waals surface area contributed by atoms with E-state index < -0.39 is 11.9 Å². The van der Waals surface area contributed by atoms with Crippen LogP contribution >= 0.6 is 0 Å². The van der Waals surface area contributed by atoms with Crippen LogP contribution in [0.15, 0.2) is 18.2 Å². The highest BCUT2D eigenvalue weighted by Gasteiger charge is 2.33. The van der Waals surface area contributed by atoms with Crippen LogP contribution < -0.4 is 15.2 Å². The number of carbonyl (C=O) groups is 3. The molecule has 3 amide bonds. The first-order valence-electron chi connectivity index (χ1n) is 11.3. The van der Waals surface area contributed by atoms with Crippen LogP contribution in [-0.4, -0.2) is 92.9 Å². The number of cyclic esters (lactones) is 1. The number of carbonyl (C=O) groups excluding carboxylic acids is 3. The number of amides is 3. The molecule has 11 heteroatoms. The van der Waals surface area contributed by atoms with Crippen LogP contribution in [0.5, 0.6) is 0 Å². The van der Waals surface area contributed by atoms with Gasteiger partial charge in [-0.3, -0.25) is 9.91 Å². The summed E-state index contributed by atoms with van der Waals surface area (Å²) >= 11 is 0. The number of ether oxygens (including phenoxy) is 2. The fraction of sp³-hybridized carbons (Fsp3) is 0.591. The van der Waals surface area contributed by atoms with Gasteiger partial charge in [0.05, 0.1) is 37.7 Å². The minimum absolute atomic E-state index is 0.0389. The fourth-order valence-corrected chi connectivity index (χ4v) is 4.23. The molecule has 3 fully saturated rings. The molecule has 0 aromatic heterocycles. The van der Waals surface area contributed by atoms with Gasteiger partial charge in [0.1, 0.15) is 17.7 Å². The van der Waals surface area contributed by atoms with Gasteiger partial charge in [-0.25, -0.2) is 19.4 Å². The number of benzene rings is 1. The van der Waals surface area contributed by atoms with Crippen molar-refractivity contribution < 1.29 is 28.2 Å². The first kappa shape index (κ1) is 23.2. The van der Waals surface area contributed by atoms with Crippen molar-refractivity contribution in [3.05, 3.63) is 24.0 Å². The van der Waals surface area contributed by atoms with Gasteiger partial charge in [-0.05, 0) is 31.5 Å². The zero-order valence-electron chi connectivity index (χ0n) is 18.8. The molecule has 0 unspecified atom stereocenters. The van der Waals surface area contributed by atoms with Gasteiger partial charge in [0.2, 0.25) is 0 Å². The minimum Gasteiger partial charge on any atom is -0.444 e. The van der Waals surface area contributed by atoms with E-state index >= 15 is 4.39 Å². The van der Waals surface area contributed by atoms with Gasteiger partial charge in [0.25, 0.3) is 0 Å². The lowest BCUT2D eigenvalue weighted by Gasteiger charge is -2.32. The molecule has 4 rings (SSSR count). The highest BCUT2D eigenvalue weighted by molar-refractivity contribution is 5.90. The lowest BCUT2D eigenvalue weighted by atomic mass is 10.1. The molecule has 1 N–H and O–H groups in total. The van der Waals surface area contributed by atoms with Crippen LogP contribution in [0.2, 0.25) is 0 Å². The molecule has 0 saturated carbocycles. The molecular formula is C22H30FN5O5. The molecule has 1 aromatic carbocycles. The number of hydrazine groups is 1. The summed E-state index contributed by atoms with van der Waals surface area (Å²) in [7, 11) is 0. The maximum absolute atomic E-state index is 15.1. The maximum Gasteiger partial charge on any atom is 0.414 e. The van der Waals surface area contributed by atoms with E-state index in [0.29, 0.717) is 76.7 Å². The number of rotatable bonds is 5. The van der Waals surface area contributed by atoms with Gasteiger partial charge < -0.3 is 24.1 Å². The Labute approximate surface area is 192 Å². The number of nitrogens with one attached hydrogen (secondary N) is 1. The maximum atomic E-state index is 15.1. The minimum atomic E-state index is -0.535. The number of Topliss-reactive ketones (excluding diaryl/α,β-unsaturated/α-hetero) is 1. The number of urea groups is 1. The Morgan fingerprint density at radius 3 is 2.67 bits per heavy atom. The predicted octanol–water partition coefficient (Wildman–Crippen LogP) is 1.60. The highest BCUT2D eigenvalue weighted by Crippen LogP contribution is 2.29. The quantitative estimate of drug-likeness (QED) is 0.709. The summed E-state index contributed by atoms with van der Waals surface area (Å²) in [6, 6.07) is 4.59. The number of hydrogen-bond donors (Lipinski definition) is 1. The molecule has 0 aliphatic carbocycles. The molecule has 10 nitrogen and oxygen atoms in total. The van der Waals surface area contributed by atoms with E-state index in [4.69, 9.17) is 9.47 Å². The molecular weight excluding hydrogens is 433 g/mol. The number of morpholine rings is 1. The number of halogens is 1. The second-order valence-corrected chi connectivity index (χ2v) is 8.42. The standard InChI is InChI=1S/C22H30FN5O5/c1-16(29)2-4-18-15-27(22(31)33-18)17-3-5-20(19(23)14-17)25-7-6-24-28(9-8-25)21(30)26-10-12-32-13-11-26/h3,5,14,18,24H,2,4,6-13,15H2,1H3/t18-/m0/s1. The summed E-state index contributed by atoms with van der Waals surface area (Å²) < 4.78 is 25.7. The fourth-order valence-electron chi connectivity index (χ4n) is 4.23. The van der Waals surface area contributed by atoms with E-state index in [1.165, 1.54) is 17.9 Å². The summed E-state index contributed by atoms with van der Waals surface area (Å²) in [5.74, 6) is -0.405. The van der Waals surface area contributed by atoms with Crippen molar-refractivity contribution in [3.8, 4) is 0 Å². The Morgan fingerprint density at radius 2 is 1.94 bits per heavy atom. The van der Waals surface area contributed by atoms with E-state index in [0.717, 1.165) is 0 Å². The average Bonchev–Trinajstić information content (AvgIpc) is 3.02. The third-order valence-electron chi connectivity index (χ3n) is 6.07. The van der Waals surface area contributed by atoms with Crippen molar-refractivity contribution >= 4 is 29.3 Å². The molecule has 180 valence electrons. The molecule has 0 bridgehead atoms. The molecule has 3 aliphatic heterocycles. The Kier molecular flexibility index (Phi) is 7.29. The van der Waals surface area contributed by atoms with Crippen LogP contribution in [0.4, 0.5) is 25.4 Å². The molecule has 3 aliphatic rings. The topological polar surface area (TPSA) is 94.7 Å². The SMILES string of the molecule is CC(=O)CC[C@H]1CN(c2ccc(N3CCNN(C(=O)N4CCOCC4)CC3)c(F)c2)C(=O)O1. The number of ketones is 1. The number of anilines is 2. The molecule has 3 heterocycles. The molecule has 33 heavy (non-hydrogen) atoms. The highest BCUT2D eigenvalue weighted by atomic mass is 19.1. The molecule has 1 atom stereocenters. The Hall–Kier alpha value is -2.92. The second-order valence-electron chi connectivity index (χ2n) is 8.42. The van der Waals surface area contributed by atoms with Crippen LogP contribution in [0, 0.1) is 5.82 Å². The summed E-state index contributed by atoms with van der Waals surface area (Å²) in [4.78, 5) is 41.2. The Morgan fingerprint density at radius 1 is 1.15 bits per heavy atom. The number of nitrogens with zero attached hydrogens (tertiary/aromatic N) is 4. The predicted molar refractivity (Wildman–Crippen MR) is 119 cm³/mol. The van der Waals surface area contributed by atoms with E-state index in [1.807, 2.05) is 4.90 Å². The lowest BCUT2D eigenvalue weighted by molar-refractivity contribution is -0.117. The van der Waals surface area contributed by atoms with Gasteiger partial charge >= 0.3 is 12.1 Å². The zero-order valence-corrected chi connectivity index (χ0v) is 18.8. The van der Waals surface area contributed by atoms with Gasteiger partial charge in [-0.2, -0.15) is 0 Å². The van der Waals surface area contributed by atoms with Gasteiger partial charge in [0, 0.05) is 39.1 Å². The van der Waals surface area contributed by atoms with Crippen LogP contribution in [0.3, 0.4) is 0 Å². The summed E-state index contributed by atoms with van der Waals surface area (Å²) in [6.45, 7) is 5.88. The second kappa shape index (κ2) is 10.3. The van der Waals surface area contributed by atoms with Crippen molar-refractivity contribution in [1.29, 1.82) is 0 Å². The van der Waals surface area contributed by atoms with E-state index in [1.54, 1.807) is 22.0 Å². The largest absolute Gasteiger partial charge is 0.444 e. The van der Waals surface area contributed by atoms with Crippen molar-refractivity contribution in [3.63, 3.8) is 0 Å². The lowest BCUT2D eigenvalue weighted by Crippen LogP contribution is -2.53. The van der Waals surface area contributed by atoms with Crippen LogP contribution in [0.25, 0.3) is 0 Å². The normalized spacial score (nSPS) is 21.8. The van der Waals surface area contributed by atoms with Crippen molar-refractivity contribution in [2.75, 3.05) is 68.8 Å². The van der Waals surface area contributed by atoms with Gasteiger partial charge in [0.15, 0.2) is 0 Å². The summed E-state index contributed by atoms with van der Waals surface area (Å²) in [6.07, 6.45) is -0.117. The smallest absolute Gasteiger partial charge is 0.414 e. The van der Waals surface area contributed by atoms with Gasteiger partial charge in [-0.1, -0.05) is 0 Å².